The van der Waals surface area contributed by atoms with E-state index in [9.17, 15) is 28.6 Å². The van der Waals surface area contributed by atoms with Crippen molar-refractivity contribution in [3.8, 4) is 0 Å². The predicted molar refractivity (Wildman–Crippen MR) is 90.1 cm³/mol. The summed E-state index contributed by atoms with van der Waals surface area (Å²) in [4.78, 5) is 35.7. The van der Waals surface area contributed by atoms with Crippen LogP contribution in [0.4, 0.5) is 4.39 Å². The number of aromatic nitrogens is 2. The van der Waals surface area contributed by atoms with Gasteiger partial charge in [0.05, 0.1) is 22.9 Å². The van der Waals surface area contributed by atoms with E-state index >= 15 is 0 Å². The molecule has 3 rings (SSSR count). The number of hydrogen-bond donors (Lipinski definition) is 3. The van der Waals surface area contributed by atoms with Crippen LogP contribution in [0, 0.1) is 5.82 Å². The summed E-state index contributed by atoms with van der Waals surface area (Å²) < 4.78 is 25.7. The van der Waals surface area contributed by atoms with Gasteiger partial charge in [-0.05, 0) is 24.6 Å². The standard InChI is InChI=1S/C15H14FN2O5PS/c1-2-13(19)11-7-25-15(17-11)14(20)10-6-18(24(21,22)23)12-5-8(16)3-4-9(10)12/h3-7,13,19H,2H2,1H3,(H2,21,22,23)/t13-/m0/s1. The number of carbonyl (C=O) groups is 1. The molecule has 25 heavy (non-hydrogen) atoms. The number of ketones is 1. The van der Waals surface area contributed by atoms with Crippen molar-refractivity contribution in [3.05, 3.63) is 51.9 Å². The molecule has 0 bridgehead atoms. The summed E-state index contributed by atoms with van der Waals surface area (Å²) in [7, 11) is -4.77. The lowest BCUT2D eigenvalue weighted by atomic mass is 10.1. The number of aliphatic hydroxyl groups excluding tert-OH is 1. The third-order valence-electron chi connectivity index (χ3n) is 3.72. The molecule has 0 aliphatic heterocycles. The minimum atomic E-state index is -4.77. The van der Waals surface area contributed by atoms with Crippen LogP contribution in [-0.4, -0.2) is 30.0 Å². The Morgan fingerprint density at radius 3 is 2.80 bits per heavy atom. The molecule has 132 valence electrons. The van der Waals surface area contributed by atoms with Gasteiger partial charge in [-0.2, -0.15) is 0 Å². The topological polar surface area (TPSA) is 113 Å². The van der Waals surface area contributed by atoms with Gasteiger partial charge in [0.1, 0.15) is 5.82 Å². The van der Waals surface area contributed by atoms with Crippen molar-refractivity contribution < 1.29 is 28.6 Å². The van der Waals surface area contributed by atoms with Crippen LogP contribution in [0.1, 0.15) is 40.5 Å². The highest BCUT2D eigenvalue weighted by molar-refractivity contribution is 7.50. The first-order valence-electron chi connectivity index (χ1n) is 7.27. The van der Waals surface area contributed by atoms with Gasteiger partial charge < -0.3 is 14.9 Å². The van der Waals surface area contributed by atoms with Crippen LogP contribution >= 0.6 is 19.1 Å². The van der Waals surface area contributed by atoms with Crippen molar-refractivity contribution in [3.63, 3.8) is 0 Å². The number of carbonyl (C=O) groups excluding carboxylic acids is 1. The molecule has 0 saturated carbocycles. The Bertz CT molecular complexity index is 1010. The second-order valence-corrected chi connectivity index (χ2v) is 7.71. The largest absolute Gasteiger partial charge is 0.434 e. The molecule has 0 spiro atoms. The predicted octanol–water partition coefficient (Wildman–Crippen LogP) is 2.85. The van der Waals surface area contributed by atoms with E-state index in [1.807, 2.05) is 0 Å². The Morgan fingerprint density at radius 2 is 2.16 bits per heavy atom. The minimum absolute atomic E-state index is 0.00483. The number of benzene rings is 1. The fourth-order valence-electron chi connectivity index (χ4n) is 2.45. The Hall–Kier alpha value is -1.90. The maximum absolute atomic E-state index is 13.5. The van der Waals surface area contributed by atoms with Gasteiger partial charge >= 0.3 is 7.75 Å². The molecule has 3 N–H and O–H groups in total. The molecule has 1 atom stereocenters. The van der Waals surface area contributed by atoms with Gasteiger partial charge in [-0.15, -0.1) is 11.3 Å². The second kappa shape index (κ2) is 6.44. The van der Waals surface area contributed by atoms with E-state index in [-0.39, 0.29) is 21.5 Å². The van der Waals surface area contributed by atoms with E-state index in [1.165, 1.54) is 6.07 Å². The fraction of sp³-hybridized carbons (Fsp3) is 0.200. The van der Waals surface area contributed by atoms with Gasteiger partial charge in [-0.3, -0.25) is 9.13 Å². The highest BCUT2D eigenvalue weighted by Gasteiger charge is 2.26. The number of thiazole rings is 1. The smallest absolute Gasteiger partial charge is 0.387 e. The van der Waals surface area contributed by atoms with Crippen molar-refractivity contribution in [2.75, 3.05) is 0 Å². The van der Waals surface area contributed by atoms with Crippen LogP contribution in [0.3, 0.4) is 0 Å². The van der Waals surface area contributed by atoms with Crippen molar-refractivity contribution in [2.24, 2.45) is 0 Å². The average molecular weight is 384 g/mol. The van der Waals surface area contributed by atoms with Crippen molar-refractivity contribution in [1.82, 2.24) is 9.32 Å². The summed E-state index contributed by atoms with van der Waals surface area (Å²) >= 11 is 1.03. The molecular weight excluding hydrogens is 370 g/mol. The summed E-state index contributed by atoms with van der Waals surface area (Å²) in [5, 5.41) is 11.6. The maximum atomic E-state index is 13.5. The summed E-state index contributed by atoms with van der Waals surface area (Å²) in [5.41, 5.74) is 0.285. The van der Waals surface area contributed by atoms with Gasteiger partial charge in [0.15, 0.2) is 5.01 Å². The zero-order valence-corrected chi connectivity index (χ0v) is 14.7. The van der Waals surface area contributed by atoms with Crippen LogP contribution in [-0.2, 0) is 4.57 Å². The van der Waals surface area contributed by atoms with E-state index in [2.05, 4.69) is 4.98 Å². The molecule has 0 fully saturated rings. The first-order valence-corrected chi connectivity index (χ1v) is 9.72. The van der Waals surface area contributed by atoms with Gasteiger partial charge in [-0.1, -0.05) is 6.92 Å². The fourth-order valence-corrected chi connectivity index (χ4v) is 3.98. The molecule has 2 aromatic heterocycles. The van der Waals surface area contributed by atoms with Crippen LogP contribution in [0.2, 0.25) is 0 Å². The molecule has 3 aromatic rings. The van der Waals surface area contributed by atoms with Crippen molar-refractivity contribution in [1.29, 1.82) is 0 Å². The summed E-state index contributed by atoms with van der Waals surface area (Å²) in [5.74, 6) is -1.23. The van der Waals surface area contributed by atoms with E-state index in [4.69, 9.17) is 0 Å². The lowest BCUT2D eigenvalue weighted by Crippen LogP contribution is -2.02. The van der Waals surface area contributed by atoms with Crippen LogP contribution < -0.4 is 0 Å². The van der Waals surface area contributed by atoms with Gasteiger partial charge in [0.2, 0.25) is 5.78 Å². The molecule has 2 heterocycles. The maximum Gasteiger partial charge on any atom is 0.434 e. The number of aliphatic hydroxyl groups is 1. The average Bonchev–Trinajstić information content (AvgIpc) is 3.17. The molecule has 0 aliphatic carbocycles. The lowest BCUT2D eigenvalue weighted by molar-refractivity contribution is 0.103. The van der Waals surface area contributed by atoms with Crippen molar-refractivity contribution >= 4 is 35.8 Å². The molecule has 7 nitrogen and oxygen atoms in total. The van der Waals surface area contributed by atoms with Crippen LogP contribution in [0.15, 0.2) is 29.8 Å². The first kappa shape index (κ1) is 17.9. The first-order chi connectivity index (χ1) is 11.7. The third kappa shape index (κ3) is 3.29. The minimum Gasteiger partial charge on any atom is -0.387 e. The quantitative estimate of drug-likeness (QED) is 0.461. The second-order valence-electron chi connectivity index (χ2n) is 5.39. The van der Waals surface area contributed by atoms with Crippen LogP contribution in [0.5, 0.6) is 0 Å². The van der Waals surface area contributed by atoms with Gasteiger partial charge in [-0.25, -0.2) is 13.9 Å². The summed E-state index contributed by atoms with van der Waals surface area (Å²) in [6.45, 7) is 1.77. The number of hydrogen-bond acceptors (Lipinski definition) is 5. The molecule has 0 unspecified atom stereocenters. The Labute approximate surface area is 145 Å². The summed E-state index contributed by atoms with van der Waals surface area (Å²) in [6.07, 6.45) is 0.655. The highest BCUT2D eigenvalue weighted by atomic mass is 32.1. The number of halogens is 1. The lowest BCUT2D eigenvalue weighted by Gasteiger charge is -2.05. The van der Waals surface area contributed by atoms with E-state index in [1.54, 1.807) is 12.3 Å². The molecule has 0 saturated heterocycles. The third-order valence-corrected chi connectivity index (χ3v) is 5.47. The van der Waals surface area contributed by atoms with E-state index in [0.717, 1.165) is 29.7 Å². The summed E-state index contributed by atoms with van der Waals surface area (Å²) in [6, 6.07) is 3.36. The molecule has 1 aromatic carbocycles. The number of rotatable bonds is 5. The molecule has 0 radical (unpaired) electrons. The highest BCUT2D eigenvalue weighted by Crippen LogP contribution is 2.42. The molecule has 10 heteroatoms. The van der Waals surface area contributed by atoms with Gasteiger partial charge in [0.25, 0.3) is 0 Å². The van der Waals surface area contributed by atoms with Crippen LogP contribution in [0.25, 0.3) is 10.9 Å². The monoisotopic (exact) mass is 384 g/mol. The Morgan fingerprint density at radius 1 is 1.44 bits per heavy atom. The van der Waals surface area contributed by atoms with Gasteiger partial charge in [0, 0.05) is 17.0 Å². The number of fused-ring (bicyclic) bond motifs is 1. The zero-order chi connectivity index (χ0) is 18.4. The van der Waals surface area contributed by atoms with E-state index < -0.39 is 25.5 Å². The zero-order valence-electron chi connectivity index (χ0n) is 13.0. The molecular formula is C15H14FN2O5PS. The molecule has 0 aliphatic rings. The molecule has 0 amide bonds. The number of nitrogens with zero attached hydrogens (tertiary/aromatic N) is 2. The SMILES string of the molecule is CC[C@H](O)c1csc(C(=O)c2cn(P(=O)(O)O)c3cc(F)ccc23)n1. The van der Waals surface area contributed by atoms with E-state index in [0.29, 0.717) is 16.5 Å². The normalized spacial score (nSPS) is 13.3. The Kier molecular flexibility index (Phi) is 4.61. The van der Waals surface area contributed by atoms with Crippen molar-refractivity contribution in [2.45, 2.75) is 19.4 Å². The Balaban J connectivity index is 2.14.